The lowest BCUT2D eigenvalue weighted by Gasteiger charge is -2.04. The van der Waals surface area contributed by atoms with E-state index in [4.69, 9.17) is 4.74 Å². The van der Waals surface area contributed by atoms with Gasteiger partial charge in [0.2, 0.25) is 0 Å². The van der Waals surface area contributed by atoms with Gasteiger partial charge in [0, 0.05) is 11.6 Å². The largest absolute Gasteiger partial charge is 0.464 e. The lowest BCUT2D eigenvalue weighted by atomic mass is 10.2. The fraction of sp³-hybridized carbons (Fsp3) is 0.300. The number of rotatable bonds is 2. The van der Waals surface area contributed by atoms with E-state index in [0.717, 1.165) is 16.6 Å². The highest BCUT2D eigenvalue weighted by Crippen LogP contribution is 2.16. The van der Waals surface area contributed by atoms with Crippen LogP contribution >= 0.6 is 0 Å². The van der Waals surface area contributed by atoms with Crippen molar-refractivity contribution in [1.82, 2.24) is 15.0 Å². The van der Waals surface area contributed by atoms with Gasteiger partial charge in [0.05, 0.1) is 24.0 Å². The maximum atomic E-state index is 5.24. The summed E-state index contributed by atoms with van der Waals surface area (Å²) in [6.07, 6.45) is 3.45. The van der Waals surface area contributed by atoms with Gasteiger partial charge >= 0.3 is 6.01 Å². The molecule has 0 aromatic carbocycles. The molecule has 0 N–H and O–H groups in total. The molecule has 0 bridgehead atoms. The van der Waals surface area contributed by atoms with Crippen LogP contribution in [0.1, 0.15) is 12.6 Å². The van der Waals surface area contributed by atoms with Crippen LogP contribution in [-0.4, -0.2) is 21.6 Å². The second-order valence-electron chi connectivity index (χ2n) is 2.92. The van der Waals surface area contributed by atoms with Gasteiger partial charge in [0.15, 0.2) is 0 Å². The highest BCUT2D eigenvalue weighted by molar-refractivity contribution is 5.79. The van der Waals surface area contributed by atoms with Gasteiger partial charge in [-0.25, -0.2) is 0 Å². The van der Waals surface area contributed by atoms with E-state index in [0.29, 0.717) is 12.6 Å². The Labute approximate surface area is 82.0 Å². The van der Waals surface area contributed by atoms with E-state index in [9.17, 15) is 0 Å². The molecule has 0 fully saturated rings. The van der Waals surface area contributed by atoms with E-state index in [-0.39, 0.29) is 0 Å². The monoisotopic (exact) mass is 189 g/mol. The number of hydrogen-bond acceptors (Lipinski definition) is 4. The lowest BCUT2D eigenvalue weighted by Crippen LogP contribution is -1.99. The quantitative estimate of drug-likeness (QED) is 0.721. The van der Waals surface area contributed by atoms with Crippen molar-refractivity contribution in [2.24, 2.45) is 0 Å². The summed E-state index contributed by atoms with van der Waals surface area (Å²) in [5, 5.41) is 1.02. The van der Waals surface area contributed by atoms with Crippen LogP contribution in [0.25, 0.3) is 10.9 Å². The molecule has 0 spiro atoms. The van der Waals surface area contributed by atoms with E-state index in [2.05, 4.69) is 15.0 Å². The van der Waals surface area contributed by atoms with Gasteiger partial charge in [-0.2, -0.15) is 9.97 Å². The molecule has 0 atom stereocenters. The zero-order valence-electron chi connectivity index (χ0n) is 8.19. The summed E-state index contributed by atoms with van der Waals surface area (Å²) in [4.78, 5) is 12.5. The molecule has 2 aromatic heterocycles. The maximum Gasteiger partial charge on any atom is 0.317 e. The van der Waals surface area contributed by atoms with E-state index < -0.39 is 0 Å². The van der Waals surface area contributed by atoms with Crippen LogP contribution in [0.3, 0.4) is 0 Å². The van der Waals surface area contributed by atoms with E-state index >= 15 is 0 Å². The molecule has 14 heavy (non-hydrogen) atoms. The molecular weight excluding hydrogens is 178 g/mol. The number of aromatic nitrogens is 3. The second-order valence-corrected chi connectivity index (χ2v) is 2.92. The summed E-state index contributed by atoms with van der Waals surface area (Å²) >= 11 is 0. The molecule has 0 aliphatic heterocycles. The maximum absolute atomic E-state index is 5.24. The first-order chi connectivity index (χ1) is 6.81. The van der Waals surface area contributed by atoms with Crippen molar-refractivity contribution in [1.29, 1.82) is 0 Å². The Hall–Kier alpha value is -1.71. The standard InChI is InChI=1S/C10H11N3O/c1-3-14-10-12-7(2)8-4-5-11-6-9(8)13-10/h4-6H,3H2,1-2H3. The Kier molecular flexibility index (Phi) is 2.26. The lowest BCUT2D eigenvalue weighted by molar-refractivity contribution is 0.313. The van der Waals surface area contributed by atoms with Crippen LogP contribution in [0.4, 0.5) is 0 Å². The van der Waals surface area contributed by atoms with Gasteiger partial charge in [0.1, 0.15) is 0 Å². The summed E-state index contributed by atoms with van der Waals surface area (Å²) in [5.74, 6) is 0. The number of pyridine rings is 1. The molecule has 4 heteroatoms. The second kappa shape index (κ2) is 3.57. The van der Waals surface area contributed by atoms with Crippen LogP contribution in [0.5, 0.6) is 6.01 Å². The van der Waals surface area contributed by atoms with Gasteiger partial charge in [-0.3, -0.25) is 4.98 Å². The predicted molar refractivity (Wildman–Crippen MR) is 53.2 cm³/mol. The summed E-state index contributed by atoms with van der Waals surface area (Å²) in [6, 6.07) is 2.32. The summed E-state index contributed by atoms with van der Waals surface area (Å²) in [6.45, 7) is 4.42. The SMILES string of the molecule is CCOc1nc(C)c2ccncc2n1. The smallest absolute Gasteiger partial charge is 0.317 e. The fourth-order valence-corrected chi connectivity index (χ4v) is 1.31. The molecule has 0 amide bonds. The van der Waals surface area contributed by atoms with Gasteiger partial charge < -0.3 is 4.74 Å². The van der Waals surface area contributed by atoms with Crippen LogP contribution in [0, 0.1) is 6.92 Å². The Morgan fingerprint density at radius 2 is 2.21 bits per heavy atom. The van der Waals surface area contributed by atoms with Crippen LogP contribution in [0.2, 0.25) is 0 Å². The molecule has 0 unspecified atom stereocenters. The Bertz CT molecular complexity index is 456. The highest BCUT2D eigenvalue weighted by Gasteiger charge is 2.03. The van der Waals surface area contributed by atoms with Crippen LogP contribution in [-0.2, 0) is 0 Å². The van der Waals surface area contributed by atoms with Crippen molar-refractivity contribution < 1.29 is 4.74 Å². The van der Waals surface area contributed by atoms with Crippen molar-refractivity contribution >= 4 is 10.9 Å². The number of ether oxygens (including phenoxy) is 1. The van der Waals surface area contributed by atoms with Crippen molar-refractivity contribution in [3.8, 4) is 6.01 Å². The van der Waals surface area contributed by atoms with Crippen molar-refractivity contribution in [2.75, 3.05) is 6.61 Å². The number of hydrogen-bond donors (Lipinski definition) is 0. The first kappa shape index (κ1) is 8.87. The van der Waals surface area contributed by atoms with Crippen molar-refractivity contribution in [3.63, 3.8) is 0 Å². The summed E-state index contributed by atoms with van der Waals surface area (Å²) < 4.78 is 5.24. The minimum atomic E-state index is 0.422. The molecule has 0 radical (unpaired) electrons. The van der Waals surface area contributed by atoms with Gasteiger partial charge in [-0.1, -0.05) is 0 Å². The fourth-order valence-electron chi connectivity index (χ4n) is 1.31. The molecule has 0 aliphatic rings. The molecule has 0 saturated carbocycles. The molecule has 0 saturated heterocycles. The third-order valence-electron chi connectivity index (χ3n) is 1.94. The topological polar surface area (TPSA) is 47.9 Å². The van der Waals surface area contributed by atoms with Crippen LogP contribution in [0.15, 0.2) is 18.5 Å². The molecule has 2 rings (SSSR count). The van der Waals surface area contributed by atoms with Gasteiger partial charge in [-0.05, 0) is 19.9 Å². The Morgan fingerprint density at radius 1 is 1.36 bits per heavy atom. The normalized spacial score (nSPS) is 10.4. The van der Waals surface area contributed by atoms with E-state index in [1.807, 2.05) is 19.9 Å². The third-order valence-corrected chi connectivity index (χ3v) is 1.94. The average molecular weight is 189 g/mol. The van der Waals surface area contributed by atoms with Crippen molar-refractivity contribution in [3.05, 3.63) is 24.2 Å². The molecular formula is C10H11N3O. The third kappa shape index (κ3) is 1.51. The van der Waals surface area contributed by atoms with Gasteiger partial charge in [-0.15, -0.1) is 0 Å². The zero-order valence-corrected chi connectivity index (χ0v) is 8.19. The molecule has 4 nitrogen and oxygen atoms in total. The minimum Gasteiger partial charge on any atom is -0.464 e. The summed E-state index contributed by atoms with van der Waals surface area (Å²) in [5.41, 5.74) is 1.74. The average Bonchev–Trinajstić information content (AvgIpc) is 2.18. The van der Waals surface area contributed by atoms with Gasteiger partial charge in [0.25, 0.3) is 0 Å². The Morgan fingerprint density at radius 3 is 3.00 bits per heavy atom. The zero-order chi connectivity index (χ0) is 9.97. The molecule has 0 aliphatic carbocycles. The number of fused-ring (bicyclic) bond motifs is 1. The van der Waals surface area contributed by atoms with Crippen LogP contribution < -0.4 is 4.74 Å². The highest BCUT2D eigenvalue weighted by atomic mass is 16.5. The first-order valence-electron chi connectivity index (χ1n) is 4.52. The molecule has 2 aromatic rings. The first-order valence-corrected chi connectivity index (χ1v) is 4.52. The minimum absolute atomic E-state index is 0.422. The Balaban J connectivity index is 2.60. The van der Waals surface area contributed by atoms with E-state index in [1.54, 1.807) is 12.4 Å². The van der Waals surface area contributed by atoms with Crippen molar-refractivity contribution in [2.45, 2.75) is 13.8 Å². The number of nitrogens with zero attached hydrogens (tertiary/aromatic N) is 3. The molecule has 72 valence electrons. The number of aryl methyl sites for hydroxylation is 1. The summed E-state index contributed by atoms with van der Waals surface area (Å²) in [7, 11) is 0. The predicted octanol–water partition coefficient (Wildman–Crippen LogP) is 1.73. The molecule has 2 heterocycles. The van der Waals surface area contributed by atoms with E-state index in [1.165, 1.54) is 0 Å².